The second-order valence-corrected chi connectivity index (χ2v) is 6.11. The molecule has 0 radical (unpaired) electrons. The summed E-state index contributed by atoms with van der Waals surface area (Å²) >= 11 is 0. The lowest BCUT2D eigenvalue weighted by molar-refractivity contribution is -0.139. The number of hydrogen-bond donors (Lipinski definition) is 3. The number of carbonyl (C=O) groups is 2. The number of rotatable bonds is 7. The maximum absolute atomic E-state index is 11.9. The second-order valence-electron chi connectivity index (χ2n) is 6.11. The predicted octanol–water partition coefficient (Wildman–Crippen LogP) is 1.99. The maximum atomic E-state index is 11.9. The van der Waals surface area contributed by atoms with Crippen LogP contribution in [-0.4, -0.2) is 42.9 Å². The van der Waals surface area contributed by atoms with Crippen molar-refractivity contribution in [3.05, 3.63) is 0 Å². The number of methoxy groups -OCH3 is 1. The smallest absolute Gasteiger partial charge is 0.326 e. The van der Waals surface area contributed by atoms with E-state index in [4.69, 9.17) is 9.84 Å². The van der Waals surface area contributed by atoms with Crippen LogP contribution in [0.5, 0.6) is 0 Å². The molecule has 0 spiro atoms. The SMILES string of the molecule is COCCCC(NC(=O)NC1CCC(C)C(C)C1)C(=O)O. The summed E-state index contributed by atoms with van der Waals surface area (Å²) in [7, 11) is 1.57. The molecule has 0 aliphatic heterocycles. The van der Waals surface area contributed by atoms with E-state index in [1.807, 2.05) is 0 Å². The quantitative estimate of drug-likeness (QED) is 0.627. The minimum Gasteiger partial charge on any atom is -0.480 e. The first-order valence-corrected chi connectivity index (χ1v) is 7.72. The zero-order valence-corrected chi connectivity index (χ0v) is 13.2. The second kappa shape index (κ2) is 8.87. The van der Waals surface area contributed by atoms with Crippen molar-refractivity contribution in [3.63, 3.8) is 0 Å². The Hall–Kier alpha value is -1.30. The van der Waals surface area contributed by atoms with Crippen LogP contribution in [0.1, 0.15) is 46.0 Å². The fourth-order valence-electron chi connectivity index (χ4n) is 2.75. The standard InChI is InChI=1S/C15H28N2O4/c1-10-6-7-12(9-11(10)2)16-15(20)17-13(14(18)19)5-4-8-21-3/h10-13H,4-9H2,1-3H3,(H,18,19)(H2,16,17,20). The predicted molar refractivity (Wildman–Crippen MR) is 80.2 cm³/mol. The van der Waals surface area contributed by atoms with Crippen molar-refractivity contribution in [3.8, 4) is 0 Å². The molecule has 1 rings (SSSR count). The molecule has 0 bridgehead atoms. The van der Waals surface area contributed by atoms with E-state index in [1.165, 1.54) is 0 Å². The van der Waals surface area contributed by atoms with Gasteiger partial charge in [-0.25, -0.2) is 9.59 Å². The van der Waals surface area contributed by atoms with E-state index in [-0.39, 0.29) is 12.1 Å². The molecule has 1 aliphatic carbocycles. The van der Waals surface area contributed by atoms with Gasteiger partial charge < -0.3 is 20.5 Å². The summed E-state index contributed by atoms with van der Waals surface area (Å²) in [4.78, 5) is 23.1. The van der Waals surface area contributed by atoms with Crippen LogP contribution < -0.4 is 10.6 Å². The van der Waals surface area contributed by atoms with Crippen LogP contribution in [0.4, 0.5) is 4.79 Å². The number of carboxylic acid groups (broad SMARTS) is 1. The molecule has 21 heavy (non-hydrogen) atoms. The maximum Gasteiger partial charge on any atom is 0.326 e. The summed E-state index contributed by atoms with van der Waals surface area (Å²) in [6.45, 7) is 4.92. The largest absolute Gasteiger partial charge is 0.480 e. The molecule has 0 aromatic heterocycles. The van der Waals surface area contributed by atoms with Gasteiger partial charge in [0.15, 0.2) is 0 Å². The molecular formula is C15H28N2O4. The van der Waals surface area contributed by atoms with Gasteiger partial charge in [0, 0.05) is 19.8 Å². The highest BCUT2D eigenvalue weighted by Crippen LogP contribution is 2.29. The Balaban J connectivity index is 2.37. The van der Waals surface area contributed by atoms with E-state index in [1.54, 1.807) is 7.11 Å². The van der Waals surface area contributed by atoms with Gasteiger partial charge in [-0.15, -0.1) is 0 Å². The third-order valence-corrected chi connectivity index (χ3v) is 4.38. The number of hydrogen-bond acceptors (Lipinski definition) is 3. The number of aliphatic carboxylic acids is 1. The van der Waals surface area contributed by atoms with Crippen molar-refractivity contribution in [2.75, 3.05) is 13.7 Å². The first-order chi connectivity index (χ1) is 9.93. The summed E-state index contributed by atoms with van der Waals surface area (Å²) < 4.78 is 4.90. The summed E-state index contributed by atoms with van der Waals surface area (Å²) in [5.74, 6) is 0.264. The Morgan fingerprint density at radius 1 is 1.29 bits per heavy atom. The zero-order chi connectivity index (χ0) is 15.8. The van der Waals surface area contributed by atoms with Gasteiger partial charge in [0.1, 0.15) is 6.04 Å². The van der Waals surface area contributed by atoms with Crippen LogP contribution in [-0.2, 0) is 9.53 Å². The molecule has 1 saturated carbocycles. The van der Waals surface area contributed by atoms with Crippen LogP contribution in [0.25, 0.3) is 0 Å². The van der Waals surface area contributed by atoms with Crippen molar-refractivity contribution in [2.24, 2.45) is 11.8 Å². The molecule has 0 aromatic rings. The lowest BCUT2D eigenvalue weighted by atomic mass is 9.79. The van der Waals surface area contributed by atoms with Crippen LogP contribution in [0.3, 0.4) is 0 Å². The summed E-state index contributed by atoms with van der Waals surface area (Å²) in [6.07, 6.45) is 3.99. The van der Waals surface area contributed by atoms with Gasteiger partial charge in [0.05, 0.1) is 0 Å². The molecule has 4 unspecified atom stereocenters. The highest BCUT2D eigenvalue weighted by Gasteiger charge is 2.27. The number of ether oxygens (including phenoxy) is 1. The molecule has 1 aliphatic rings. The summed E-state index contributed by atoms with van der Waals surface area (Å²) in [5.41, 5.74) is 0. The molecule has 0 aromatic carbocycles. The van der Waals surface area contributed by atoms with E-state index >= 15 is 0 Å². The number of amides is 2. The van der Waals surface area contributed by atoms with Crippen LogP contribution in [0, 0.1) is 11.8 Å². The molecule has 122 valence electrons. The molecule has 6 heteroatoms. The first kappa shape index (κ1) is 17.8. The topological polar surface area (TPSA) is 87.7 Å². The van der Waals surface area contributed by atoms with Crippen molar-refractivity contribution < 1.29 is 19.4 Å². The normalized spacial score (nSPS) is 26.9. The Labute approximate surface area is 126 Å². The monoisotopic (exact) mass is 300 g/mol. The van der Waals surface area contributed by atoms with Crippen molar-refractivity contribution in [2.45, 2.75) is 58.0 Å². The molecule has 4 atom stereocenters. The van der Waals surface area contributed by atoms with Gasteiger partial charge in [-0.1, -0.05) is 13.8 Å². The summed E-state index contributed by atoms with van der Waals surface area (Å²) in [6, 6.07) is -1.10. The van der Waals surface area contributed by atoms with E-state index in [2.05, 4.69) is 24.5 Å². The molecule has 2 amide bonds. The van der Waals surface area contributed by atoms with Gasteiger partial charge in [-0.05, 0) is 43.9 Å². The first-order valence-electron chi connectivity index (χ1n) is 7.72. The lowest BCUT2D eigenvalue weighted by Crippen LogP contribution is -2.50. The van der Waals surface area contributed by atoms with Crippen molar-refractivity contribution in [1.29, 1.82) is 0 Å². The molecular weight excluding hydrogens is 272 g/mol. The van der Waals surface area contributed by atoms with Crippen LogP contribution in [0.15, 0.2) is 0 Å². The van der Waals surface area contributed by atoms with E-state index in [0.717, 1.165) is 19.3 Å². The van der Waals surface area contributed by atoms with E-state index < -0.39 is 12.0 Å². The minimum absolute atomic E-state index is 0.143. The lowest BCUT2D eigenvalue weighted by Gasteiger charge is -2.32. The fraction of sp³-hybridized carbons (Fsp3) is 0.867. The molecule has 0 saturated heterocycles. The Bertz CT molecular complexity index is 349. The number of carboxylic acids is 1. The molecule has 6 nitrogen and oxygen atoms in total. The number of carbonyl (C=O) groups excluding carboxylic acids is 1. The van der Waals surface area contributed by atoms with Gasteiger partial charge in [-0.3, -0.25) is 0 Å². The summed E-state index contributed by atoms with van der Waals surface area (Å²) in [5, 5.41) is 14.6. The number of nitrogens with one attached hydrogen (secondary N) is 2. The number of urea groups is 1. The Kier molecular flexibility index (Phi) is 7.50. The highest BCUT2D eigenvalue weighted by molar-refractivity contribution is 5.82. The van der Waals surface area contributed by atoms with Crippen molar-refractivity contribution >= 4 is 12.0 Å². The molecule has 3 N–H and O–H groups in total. The minimum atomic E-state index is -1.01. The van der Waals surface area contributed by atoms with Gasteiger partial charge in [0.25, 0.3) is 0 Å². The van der Waals surface area contributed by atoms with E-state index in [9.17, 15) is 9.59 Å². The highest BCUT2D eigenvalue weighted by atomic mass is 16.5. The van der Waals surface area contributed by atoms with Gasteiger partial charge >= 0.3 is 12.0 Å². The molecule has 1 fully saturated rings. The fourth-order valence-corrected chi connectivity index (χ4v) is 2.75. The van der Waals surface area contributed by atoms with Gasteiger partial charge in [-0.2, -0.15) is 0 Å². The average Bonchev–Trinajstić information content (AvgIpc) is 2.42. The molecule has 0 heterocycles. The third-order valence-electron chi connectivity index (χ3n) is 4.38. The van der Waals surface area contributed by atoms with Crippen LogP contribution in [0.2, 0.25) is 0 Å². The third kappa shape index (κ3) is 6.33. The van der Waals surface area contributed by atoms with Gasteiger partial charge in [0.2, 0.25) is 0 Å². The zero-order valence-electron chi connectivity index (χ0n) is 13.2. The average molecular weight is 300 g/mol. The Morgan fingerprint density at radius 3 is 2.57 bits per heavy atom. The van der Waals surface area contributed by atoms with Crippen LogP contribution >= 0.6 is 0 Å². The Morgan fingerprint density at radius 2 is 2.00 bits per heavy atom. The van der Waals surface area contributed by atoms with Crippen molar-refractivity contribution in [1.82, 2.24) is 10.6 Å². The van der Waals surface area contributed by atoms with E-state index in [0.29, 0.717) is 31.3 Å².